The van der Waals surface area contributed by atoms with E-state index in [1.165, 1.54) is 0 Å². The number of anilines is 1. The standard InChI is InChI=1S/C14H13Cl3N2/c1-2-13(11-5-3-9(15)7-12(11)16)19-10-4-6-14(17)18-8-10/h3-8,13,19H,2H2,1H3. The molecule has 19 heavy (non-hydrogen) atoms. The Morgan fingerprint density at radius 2 is 1.95 bits per heavy atom. The minimum atomic E-state index is 0.104. The summed E-state index contributed by atoms with van der Waals surface area (Å²) < 4.78 is 0. The van der Waals surface area contributed by atoms with Crippen LogP contribution in [0.5, 0.6) is 0 Å². The monoisotopic (exact) mass is 314 g/mol. The quantitative estimate of drug-likeness (QED) is 0.742. The van der Waals surface area contributed by atoms with Crippen molar-refractivity contribution in [3.8, 4) is 0 Å². The minimum absolute atomic E-state index is 0.104. The zero-order valence-electron chi connectivity index (χ0n) is 10.3. The maximum absolute atomic E-state index is 6.23. The van der Waals surface area contributed by atoms with Gasteiger partial charge in [-0.05, 0) is 36.2 Å². The molecule has 0 amide bonds. The van der Waals surface area contributed by atoms with Crippen molar-refractivity contribution >= 4 is 40.5 Å². The molecule has 100 valence electrons. The Balaban J connectivity index is 2.22. The van der Waals surface area contributed by atoms with Gasteiger partial charge in [0.15, 0.2) is 0 Å². The Morgan fingerprint density at radius 3 is 2.53 bits per heavy atom. The Morgan fingerprint density at radius 1 is 1.16 bits per heavy atom. The highest BCUT2D eigenvalue weighted by molar-refractivity contribution is 6.35. The molecule has 0 spiro atoms. The van der Waals surface area contributed by atoms with E-state index in [2.05, 4.69) is 17.2 Å². The number of nitrogens with zero attached hydrogens (tertiary/aromatic N) is 1. The summed E-state index contributed by atoms with van der Waals surface area (Å²) in [5, 5.41) is 5.16. The van der Waals surface area contributed by atoms with Gasteiger partial charge in [-0.1, -0.05) is 47.8 Å². The summed E-state index contributed by atoms with van der Waals surface area (Å²) >= 11 is 17.9. The first-order chi connectivity index (χ1) is 9.10. The van der Waals surface area contributed by atoms with Crippen LogP contribution in [-0.2, 0) is 0 Å². The van der Waals surface area contributed by atoms with Crippen LogP contribution in [0, 0.1) is 0 Å². The smallest absolute Gasteiger partial charge is 0.129 e. The van der Waals surface area contributed by atoms with Crippen molar-refractivity contribution in [2.45, 2.75) is 19.4 Å². The highest BCUT2D eigenvalue weighted by Gasteiger charge is 2.13. The van der Waals surface area contributed by atoms with Gasteiger partial charge in [0.05, 0.1) is 17.9 Å². The van der Waals surface area contributed by atoms with Gasteiger partial charge in [-0.25, -0.2) is 4.98 Å². The number of nitrogens with one attached hydrogen (secondary N) is 1. The molecule has 0 aliphatic rings. The zero-order valence-corrected chi connectivity index (χ0v) is 12.6. The Bertz CT molecular complexity index is 555. The number of halogens is 3. The van der Waals surface area contributed by atoms with Gasteiger partial charge in [-0.3, -0.25) is 0 Å². The van der Waals surface area contributed by atoms with Gasteiger partial charge in [0.25, 0.3) is 0 Å². The summed E-state index contributed by atoms with van der Waals surface area (Å²) in [7, 11) is 0. The lowest BCUT2D eigenvalue weighted by atomic mass is 10.0. The predicted octanol–water partition coefficient (Wildman–Crippen LogP) is 5.61. The van der Waals surface area contributed by atoms with Crippen molar-refractivity contribution < 1.29 is 0 Å². The third kappa shape index (κ3) is 3.75. The summed E-state index contributed by atoms with van der Waals surface area (Å²) in [6.07, 6.45) is 2.60. The number of aromatic nitrogens is 1. The van der Waals surface area contributed by atoms with Crippen molar-refractivity contribution in [2.24, 2.45) is 0 Å². The molecule has 1 N–H and O–H groups in total. The van der Waals surface area contributed by atoms with Gasteiger partial charge in [0, 0.05) is 10.0 Å². The molecule has 0 aliphatic carbocycles. The number of hydrogen-bond donors (Lipinski definition) is 1. The first kappa shape index (κ1) is 14.4. The van der Waals surface area contributed by atoms with Crippen molar-refractivity contribution in [1.29, 1.82) is 0 Å². The van der Waals surface area contributed by atoms with Crippen LogP contribution < -0.4 is 5.32 Å². The Hall–Kier alpha value is -0.960. The second-order valence-electron chi connectivity index (χ2n) is 4.14. The third-order valence-corrected chi connectivity index (χ3v) is 3.60. The molecule has 5 heteroatoms. The van der Waals surface area contributed by atoms with E-state index in [1.807, 2.05) is 18.2 Å². The number of hydrogen-bond acceptors (Lipinski definition) is 2. The Kier molecular flexibility index (Phi) is 4.92. The molecule has 1 heterocycles. The van der Waals surface area contributed by atoms with Crippen LogP contribution in [0.3, 0.4) is 0 Å². The van der Waals surface area contributed by atoms with Gasteiger partial charge >= 0.3 is 0 Å². The van der Waals surface area contributed by atoms with Gasteiger partial charge < -0.3 is 5.32 Å². The van der Waals surface area contributed by atoms with E-state index in [9.17, 15) is 0 Å². The number of rotatable bonds is 4. The zero-order chi connectivity index (χ0) is 13.8. The Labute approximate surface area is 127 Å². The van der Waals surface area contributed by atoms with Crippen molar-refractivity contribution in [3.63, 3.8) is 0 Å². The molecule has 0 saturated heterocycles. The fraction of sp³-hybridized carbons (Fsp3) is 0.214. The lowest BCUT2D eigenvalue weighted by molar-refractivity contribution is 0.749. The summed E-state index contributed by atoms with van der Waals surface area (Å²) in [5.74, 6) is 0. The molecule has 1 aromatic heterocycles. The van der Waals surface area contributed by atoms with Crippen LogP contribution >= 0.6 is 34.8 Å². The molecule has 2 rings (SSSR count). The first-order valence-corrected chi connectivity index (χ1v) is 7.06. The maximum atomic E-state index is 6.23. The van der Waals surface area contributed by atoms with Crippen molar-refractivity contribution in [1.82, 2.24) is 4.98 Å². The third-order valence-electron chi connectivity index (χ3n) is 2.81. The van der Waals surface area contributed by atoms with Crippen LogP contribution in [0.1, 0.15) is 24.9 Å². The van der Waals surface area contributed by atoms with Gasteiger partial charge in [0.2, 0.25) is 0 Å². The van der Waals surface area contributed by atoms with E-state index in [0.717, 1.165) is 17.7 Å². The minimum Gasteiger partial charge on any atom is -0.377 e. The molecule has 2 aromatic rings. The fourth-order valence-electron chi connectivity index (χ4n) is 1.85. The van der Waals surface area contributed by atoms with Crippen LogP contribution in [0.25, 0.3) is 0 Å². The van der Waals surface area contributed by atoms with E-state index < -0.39 is 0 Å². The van der Waals surface area contributed by atoms with Crippen LogP contribution in [0.15, 0.2) is 36.5 Å². The van der Waals surface area contributed by atoms with E-state index in [4.69, 9.17) is 34.8 Å². The van der Waals surface area contributed by atoms with E-state index in [0.29, 0.717) is 15.2 Å². The van der Waals surface area contributed by atoms with Crippen molar-refractivity contribution in [3.05, 3.63) is 57.3 Å². The van der Waals surface area contributed by atoms with Gasteiger partial charge in [0.1, 0.15) is 5.15 Å². The largest absolute Gasteiger partial charge is 0.377 e. The molecule has 1 unspecified atom stereocenters. The summed E-state index contributed by atoms with van der Waals surface area (Å²) in [5.41, 5.74) is 1.92. The molecular formula is C14H13Cl3N2. The lowest BCUT2D eigenvalue weighted by Gasteiger charge is -2.20. The molecule has 0 aliphatic heterocycles. The van der Waals surface area contributed by atoms with E-state index >= 15 is 0 Å². The fourth-order valence-corrected chi connectivity index (χ4v) is 2.50. The average Bonchev–Trinajstić information content (AvgIpc) is 2.39. The molecule has 0 fully saturated rings. The number of pyridine rings is 1. The SMILES string of the molecule is CCC(Nc1ccc(Cl)nc1)c1ccc(Cl)cc1Cl. The lowest BCUT2D eigenvalue weighted by Crippen LogP contribution is -2.10. The summed E-state index contributed by atoms with van der Waals surface area (Å²) in [4.78, 5) is 4.05. The topological polar surface area (TPSA) is 24.9 Å². The molecular weight excluding hydrogens is 303 g/mol. The normalized spacial score (nSPS) is 12.2. The molecule has 1 aromatic carbocycles. The second-order valence-corrected chi connectivity index (χ2v) is 5.37. The molecule has 1 atom stereocenters. The highest BCUT2D eigenvalue weighted by Crippen LogP contribution is 2.30. The molecule has 0 radical (unpaired) electrons. The maximum Gasteiger partial charge on any atom is 0.129 e. The first-order valence-electron chi connectivity index (χ1n) is 5.93. The molecule has 2 nitrogen and oxygen atoms in total. The van der Waals surface area contributed by atoms with Crippen LogP contribution in [0.4, 0.5) is 5.69 Å². The summed E-state index contributed by atoms with van der Waals surface area (Å²) in [6.45, 7) is 2.09. The van der Waals surface area contributed by atoms with E-state index in [1.54, 1.807) is 18.3 Å². The molecule has 0 bridgehead atoms. The molecule has 0 saturated carbocycles. The van der Waals surface area contributed by atoms with Gasteiger partial charge in [-0.15, -0.1) is 0 Å². The van der Waals surface area contributed by atoms with Gasteiger partial charge in [-0.2, -0.15) is 0 Å². The second kappa shape index (κ2) is 6.47. The van der Waals surface area contributed by atoms with Crippen LogP contribution in [0.2, 0.25) is 15.2 Å². The van der Waals surface area contributed by atoms with E-state index in [-0.39, 0.29) is 6.04 Å². The average molecular weight is 316 g/mol. The predicted molar refractivity (Wildman–Crippen MR) is 82.4 cm³/mol. The number of benzene rings is 1. The van der Waals surface area contributed by atoms with Crippen molar-refractivity contribution in [2.75, 3.05) is 5.32 Å². The summed E-state index contributed by atoms with van der Waals surface area (Å²) in [6, 6.07) is 9.28. The van der Waals surface area contributed by atoms with Crippen LogP contribution in [-0.4, -0.2) is 4.98 Å². The highest BCUT2D eigenvalue weighted by atomic mass is 35.5.